The lowest BCUT2D eigenvalue weighted by atomic mass is 10.1. The summed E-state index contributed by atoms with van der Waals surface area (Å²) in [5.41, 5.74) is 4.73. The Balaban J connectivity index is 2.31. The van der Waals surface area contributed by atoms with Crippen molar-refractivity contribution in [2.24, 2.45) is 0 Å². The molecule has 0 atom stereocenters. The number of aromatic nitrogens is 2. The van der Waals surface area contributed by atoms with Gasteiger partial charge in [-0.05, 0) is 58.7 Å². The molecule has 0 aliphatic carbocycles. The summed E-state index contributed by atoms with van der Waals surface area (Å²) in [6, 6.07) is 15.8. The molecule has 19 heavy (non-hydrogen) atoms. The summed E-state index contributed by atoms with van der Waals surface area (Å²) in [5.74, 6) is 0. The first kappa shape index (κ1) is 11.9. The minimum atomic E-state index is 0.668. The van der Waals surface area contributed by atoms with E-state index in [4.69, 9.17) is 5.26 Å². The predicted molar refractivity (Wildman–Crippen MR) is 78.2 cm³/mol. The molecule has 0 saturated carbocycles. The summed E-state index contributed by atoms with van der Waals surface area (Å²) in [5, 5.41) is 8.93. The van der Waals surface area contributed by atoms with Gasteiger partial charge in [0.2, 0.25) is 0 Å². The Kier molecular flexibility index (Phi) is 2.84. The Morgan fingerprint density at radius 3 is 2.74 bits per heavy atom. The van der Waals surface area contributed by atoms with Crippen LogP contribution in [0.3, 0.4) is 0 Å². The maximum Gasteiger partial charge on any atom is 0.182 e. The van der Waals surface area contributed by atoms with Gasteiger partial charge in [-0.3, -0.25) is 4.57 Å². The number of rotatable bonds is 1. The van der Waals surface area contributed by atoms with Gasteiger partial charge >= 0.3 is 0 Å². The monoisotopic (exact) mass is 311 g/mol. The van der Waals surface area contributed by atoms with Crippen molar-refractivity contribution in [2.75, 3.05) is 0 Å². The number of benzene rings is 2. The van der Waals surface area contributed by atoms with Crippen LogP contribution in [0.2, 0.25) is 0 Å². The molecule has 0 aliphatic heterocycles. The minimum absolute atomic E-state index is 0.668. The van der Waals surface area contributed by atoms with E-state index >= 15 is 0 Å². The van der Waals surface area contributed by atoms with Crippen molar-refractivity contribution in [2.45, 2.75) is 6.92 Å². The van der Waals surface area contributed by atoms with Crippen LogP contribution in [0.25, 0.3) is 16.7 Å². The van der Waals surface area contributed by atoms with Crippen LogP contribution >= 0.6 is 15.9 Å². The van der Waals surface area contributed by atoms with Gasteiger partial charge in [-0.1, -0.05) is 12.1 Å². The molecule has 0 fully saturated rings. The summed E-state index contributed by atoms with van der Waals surface area (Å²) in [4.78, 5) is 4.49. The Hall–Kier alpha value is -2.12. The van der Waals surface area contributed by atoms with Crippen LogP contribution in [0.1, 0.15) is 11.1 Å². The molecule has 0 radical (unpaired) electrons. The molecule has 3 rings (SSSR count). The SMILES string of the molecule is Cc1cc(C#N)ccc1-n1c(Br)nc2ccccc21. The zero-order valence-corrected chi connectivity index (χ0v) is 11.8. The Morgan fingerprint density at radius 1 is 1.21 bits per heavy atom. The summed E-state index contributed by atoms with van der Waals surface area (Å²) < 4.78 is 2.81. The Morgan fingerprint density at radius 2 is 2.00 bits per heavy atom. The van der Waals surface area contributed by atoms with Gasteiger partial charge in [0.15, 0.2) is 4.73 Å². The molecule has 0 saturated heterocycles. The lowest BCUT2D eigenvalue weighted by Gasteiger charge is -2.09. The number of fused-ring (bicyclic) bond motifs is 1. The van der Waals surface area contributed by atoms with Crippen molar-refractivity contribution >= 4 is 27.0 Å². The second kappa shape index (κ2) is 4.52. The molecule has 4 heteroatoms. The third-order valence-corrected chi connectivity index (χ3v) is 3.62. The number of hydrogen-bond acceptors (Lipinski definition) is 2. The molecule has 0 aliphatic rings. The van der Waals surface area contributed by atoms with Crippen molar-refractivity contribution in [3.63, 3.8) is 0 Å². The largest absolute Gasteiger partial charge is 0.287 e. The molecule has 0 unspecified atom stereocenters. The van der Waals surface area contributed by atoms with Crippen LogP contribution in [0.15, 0.2) is 47.2 Å². The molecule has 2 aromatic carbocycles. The molecule has 0 amide bonds. The van der Waals surface area contributed by atoms with Gasteiger partial charge in [-0.25, -0.2) is 4.98 Å². The van der Waals surface area contributed by atoms with E-state index in [0.717, 1.165) is 27.0 Å². The highest BCUT2D eigenvalue weighted by Crippen LogP contribution is 2.27. The van der Waals surface area contributed by atoms with Gasteiger partial charge in [0.1, 0.15) is 0 Å². The topological polar surface area (TPSA) is 41.6 Å². The fraction of sp³-hybridized carbons (Fsp3) is 0.0667. The van der Waals surface area contributed by atoms with E-state index in [0.29, 0.717) is 5.56 Å². The molecule has 0 N–H and O–H groups in total. The van der Waals surface area contributed by atoms with Crippen LogP contribution < -0.4 is 0 Å². The van der Waals surface area contributed by atoms with Crippen molar-refractivity contribution < 1.29 is 0 Å². The molecule has 3 aromatic rings. The van der Waals surface area contributed by atoms with E-state index < -0.39 is 0 Å². The number of imidazole rings is 1. The van der Waals surface area contributed by atoms with Crippen LogP contribution in [-0.2, 0) is 0 Å². The fourth-order valence-electron chi connectivity index (χ4n) is 2.20. The first-order valence-electron chi connectivity index (χ1n) is 5.85. The normalized spacial score (nSPS) is 10.6. The second-order valence-electron chi connectivity index (χ2n) is 4.32. The lowest BCUT2D eigenvalue weighted by Crippen LogP contribution is -1.97. The van der Waals surface area contributed by atoms with E-state index in [-0.39, 0.29) is 0 Å². The number of aryl methyl sites for hydroxylation is 1. The van der Waals surface area contributed by atoms with Crippen molar-refractivity contribution in [3.8, 4) is 11.8 Å². The van der Waals surface area contributed by atoms with Crippen LogP contribution in [-0.4, -0.2) is 9.55 Å². The van der Waals surface area contributed by atoms with E-state index in [9.17, 15) is 0 Å². The predicted octanol–water partition coefficient (Wildman–Crippen LogP) is 3.97. The average Bonchev–Trinajstić information content (AvgIpc) is 2.75. The third kappa shape index (κ3) is 1.92. The zero-order chi connectivity index (χ0) is 13.4. The van der Waals surface area contributed by atoms with Gasteiger partial charge in [0.25, 0.3) is 0 Å². The highest BCUT2D eigenvalue weighted by molar-refractivity contribution is 9.10. The highest BCUT2D eigenvalue weighted by Gasteiger charge is 2.11. The molecule has 92 valence electrons. The Bertz CT molecular complexity index is 812. The summed E-state index contributed by atoms with van der Waals surface area (Å²) in [7, 11) is 0. The van der Waals surface area contributed by atoms with Crippen molar-refractivity contribution in [3.05, 3.63) is 58.3 Å². The highest BCUT2D eigenvalue weighted by atomic mass is 79.9. The van der Waals surface area contributed by atoms with E-state index in [1.165, 1.54) is 0 Å². The number of nitriles is 1. The molecular formula is C15H10BrN3. The summed E-state index contributed by atoms with van der Waals surface area (Å²) in [6.07, 6.45) is 0. The van der Waals surface area contributed by atoms with Crippen molar-refractivity contribution in [1.29, 1.82) is 5.26 Å². The fourth-order valence-corrected chi connectivity index (χ4v) is 2.77. The number of halogens is 1. The minimum Gasteiger partial charge on any atom is -0.287 e. The lowest BCUT2D eigenvalue weighted by molar-refractivity contribution is 1.03. The Labute approximate surface area is 119 Å². The summed E-state index contributed by atoms with van der Waals surface area (Å²) in [6.45, 7) is 2.00. The number of hydrogen-bond donors (Lipinski definition) is 0. The first-order valence-corrected chi connectivity index (χ1v) is 6.64. The van der Waals surface area contributed by atoms with Crippen molar-refractivity contribution in [1.82, 2.24) is 9.55 Å². The van der Waals surface area contributed by atoms with E-state index in [2.05, 4.69) is 27.0 Å². The first-order chi connectivity index (χ1) is 9.20. The maximum absolute atomic E-state index is 8.93. The smallest absolute Gasteiger partial charge is 0.182 e. The van der Waals surface area contributed by atoms with Crippen LogP contribution in [0.4, 0.5) is 0 Å². The molecular weight excluding hydrogens is 302 g/mol. The van der Waals surface area contributed by atoms with E-state index in [1.54, 1.807) is 0 Å². The van der Waals surface area contributed by atoms with Gasteiger partial charge < -0.3 is 0 Å². The standard InChI is InChI=1S/C15H10BrN3/c1-10-8-11(9-17)6-7-13(10)19-14-5-3-2-4-12(14)18-15(19)16/h2-8H,1H3. The second-order valence-corrected chi connectivity index (χ2v) is 5.03. The van der Waals surface area contributed by atoms with E-state index in [1.807, 2.05) is 54.0 Å². The number of para-hydroxylation sites is 2. The zero-order valence-electron chi connectivity index (χ0n) is 10.3. The third-order valence-electron chi connectivity index (χ3n) is 3.09. The van der Waals surface area contributed by atoms with Gasteiger partial charge in [-0.15, -0.1) is 0 Å². The maximum atomic E-state index is 8.93. The number of nitrogens with zero attached hydrogens (tertiary/aromatic N) is 3. The molecule has 3 nitrogen and oxygen atoms in total. The van der Waals surface area contributed by atoms with Gasteiger partial charge in [0.05, 0.1) is 28.4 Å². The van der Waals surface area contributed by atoms with Gasteiger partial charge in [0, 0.05) is 0 Å². The van der Waals surface area contributed by atoms with Crippen LogP contribution in [0.5, 0.6) is 0 Å². The quantitative estimate of drug-likeness (QED) is 0.682. The molecule has 0 spiro atoms. The van der Waals surface area contributed by atoms with Gasteiger partial charge in [-0.2, -0.15) is 5.26 Å². The molecule has 1 aromatic heterocycles. The van der Waals surface area contributed by atoms with Crippen LogP contribution in [0, 0.1) is 18.3 Å². The average molecular weight is 312 g/mol. The molecule has 0 bridgehead atoms. The molecule has 1 heterocycles. The summed E-state index contributed by atoms with van der Waals surface area (Å²) >= 11 is 3.50.